The van der Waals surface area contributed by atoms with Gasteiger partial charge in [-0.1, -0.05) is 26.0 Å². The van der Waals surface area contributed by atoms with Gasteiger partial charge in [0.15, 0.2) is 5.78 Å². The van der Waals surface area contributed by atoms with Crippen LogP contribution in [0.1, 0.15) is 31.1 Å². The summed E-state index contributed by atoms with van der Waals surface area (Å²) in [6.45, 7) is 5.20. The van der Waals surface area contributed by atoms with Gasteiger partial charge in [-0.15, -0.1) is 0 Å². The van der Waals surface area contributed by atoms with Crippen molar-refractivity contribution < 1.29 is 9.59 Å². The van der Waals surface area contributed by atoms with E-state index in [9.17, 15) is 9.59 Å². The normalized spacial score (nSPS) is 10.4. The van der Waals surface area contributed by atoms with Gasteiger partial charge in [0.1, 0.15) is 5.82 Å². The highest BCUT2D eigenvalue weighted by molar-refractivity contribution is 5.95. The minimum atomic E-state index is -0.0767. The Balaban J connectivity index is 2.06. The fraction of sp³-hybridized carbons (Fsp3) is 0.235. The lowest BCUT2D eigenvalue weighted by atomic mass is 10.1. The number of benzene rings is 1. The van der Waals surface area contributed by atoms with Crippen LogP contribution < -0.4 is 10.6 Å². The summed E-state index contributed by atoms with van der Waals surface area (Å²) in [5.74, 6) is 0.537. The van der Waals surface area contributed by atoms with Gasteiger partial charge in [-0.2, -0.15) is 0 Å². The van der Waals surface area contributed by atoms with Crippen LogP contribution in [0.25, 0.3) is 0 Å². The van der Waals surface area contributed by atoms with Gasteiger partial charge in [0.2, 0.25) is 5.91 Å². The van der Waals surface area contributed by atoms with Crippen LogP contribution in [0.4, 0.5) is 17.2 Å². The average molecular weight is 297 g/mol. The average Bonchev–Trinajstić information content (AvgIpc) is 2.49. The molecule has 1 aromatic heterocycles. The van der Waals surface area contributed by atoms with Crippen molar-refractivity contribution in [2.24, 2.45) is 5.92 Å². The molecule has 1 heterocycles. The number of nitrogens with one attached hydrogen (secondary N) is 2. The molecule has 0 atom stereocenters. The number of amides is 1. The number of nitrogens with zero attached hydrogens (tertiary/aromatic N) is 1. The Hall–Kier alpha value is -2.69. The number of carbonyl (C=O) groups excluding carboxylic acids is 2. The molecule has 0 radical (unpaired) electrons. The van der Waals surface area contributed by atoms with E-state index in [4.69, 9.17) is 0 Å². The molecule has 114 valence electrons. The molecule has 1 aromatic carbocycles. The Bertz CT molecular complexity index is 679. The molecule has 2 N–H and O–H groups in total. The number of ketones is 1. The summed E-state index contributed by atoms with van der Waals surface area (Å²) in [5, 5.41) is 5.91. The van der Waals surface area contributed by atoms with Crippen LogP contribution in [0.5, 0.6) is 0 Å². The number of hydrogen-bond acceptors (Lipinski definition) is 4. The topological polar surface area (TPSA) is 71.1 Å². The largest absolute Gasteiger partial charge is 0.340 e. The predicted octanol–water partition coefficient (Wildman–Crippen LogP) is 3.62. The van der Waals surface area contributed by atoms with E-state index in [1.807, 2.05) is 26.0 Å². The van der Waals surface area contributed by atoms with Gasteiger partial charge in [-0.05, 0) is 31.2 Å². The van der Waals surface area contributed by atoms with E-state index in [1.165, 1.54) is 6.92 Å². The third-order valence-electron chi connectivity index (χ3n) is 3.10. The number of hydrogen-bond donors (Lipinski definition) is 2. The van der Waals surface area contributed by atoms with Gasteiger partial charge >= 0.3 is 0 Å². The number of Topliss-reactive ketones (excluding diaryl/α,β-unsaturated/α-hetero) is 1. The smallest absolute Gasteiger partial charge is 0.226 e. The predicted molar refractivity (Wildman–Crippen MR) is 87.4 cm³/mol. The molecule has 5 heteroatoms. The first-order valence-electron chi connectivity index (χ1n) is 7.10. The van der Waals surface area contributed by atoms with E-state index in [2.05, 4.69) is 15.6 Å². The molecular weight excluding hydrogens is 278 g/mol. The summed E-state index contributed by atoms with van der Waals surface area (Å²) in [7, 11) is 0. The lowest BCUT2D eigenvalue weighted by Crippen LogP contribution is -2.17. The third-order valence-corrected chi connectivity index (χ3v) is 3.10. The van der Waals surface area contributed by atoms with E-state index in [0.717, 1.165) is 5.69 Å². The van der Waals surface area contributed by atoms with Crippen molar-refractivity contribution in [3.05, 3.63) is 48.2 Å². The number of rotatable bonds is 5. The molecule has 2 rings (SSSR count). The first kappa shape index (κ1) is 15.7. The van der Waals surface area contributed by atoms with Crippen molar-refractivity contribution >= 4 is 28.9 Å². The minimum Gasteiger partial charge on any atom is -0.340 e. The summed E-state index contributed by atoms with van der Waals surface area (Å²) < 4.78 is 0. The molecule has 5 nitrogen and oxygen atoms in total. The summed E-state index contributed by atoms with van der Waals surface area (Å²) in [5.41, 5.74) is 2.09. The van der Waals surface area contributed by atoms with Crippen LogP contribution >= 0.6 is 0 Å². The second-order valence-electron chi connectivity index (χ2n) is 5.34. The molecule has 0 fully saturated rings. The minimum absolute atomic E-state index is 0.0170. The summed E-state index contributed by atoms with van der Waals surface area (Å²) in [4.78, 5) is 27.2. The lowest BCUT2D eigenvalue weighted by Gasteiger charge is -2.09. The van der Waals surface area contributed by atoms with Gasteiger partial charge < -0.3 is 10.6 Å². The van der Waals surface area contributed by atoms with Gasteiger partial charge in [-0.3, -0.25) is 9.59 Å². The highest BCUT2D eigenvalue weighted by Crippen LogP contribution is 2.18. The molecule has 0 bridgehead atoms. The molecule has 1 amide bonds. The summed E-state index contributed by atoms with van der Waals surface area (Å²) in [6, 6.07) is 10.8. The number of aromatic nitrogens is 1. The number of anilines is 3. The quantitative estimate of drug-likeness (QED) is 0.827. The molecule has 0 saturated carbocycles. The molecular formula is C17H19N3O2. The Labute approximate surface area is 129 Å². The maximum atomic E-state index is 11.6. The highest BCUT2D eigenvalue weighted by atomic mass is 16.1. The van der Waals surface area contributed by atoms with E-state index in [0.29, 0.717) is 17.1 Å². The summed E-state index contributed by atoms with van der Waals surface area (Å²) >= 11 is 0. The lowest BCUT2D eigenvalue weighted by molar-refractivity contribution is -0.118. The van der Waals surface area contributed by atoms with Gasteiger partial charge in [0.25, 0.3) is 0 Å². The van der Waals surface area contributed by atoms with Crippen molar-refractivity contribution in [1.29, 1.82) is 0 Å². The molecule has 0 aliphatic heterocycles. The zero-order valence-corrected chi connectivity index (χ0v) is 12.9. The second-order valence-corrected chi connectivity index (χ2v) is 5.34. The van der Waals surface area contributed by atoms with Gasteiger partial charge in [-0.25, -0.2) is 4.98 Å². The first-order valence-corrected chi connectivity index (χ1v) is 7.10. The third kappa shape index (κ3) is 4.15. The Morgan fingerprint density at radius 1 is 1.09 bits per heavy atom. The van der Waals surface area contributed by atoms with Crippen LogP contribution in [0.15, 0.2) is 42.6 Å². The molecule has 0 aliphatic rings. The van der Waals surface area contributed by atoms with Gasteiger partial charge in [0, 0.05) is 17.2 Å². The zero-order valence-electron chi connectivity index (χ0n) is 12.9. The molecule has 0 unspecified atom stereocenters. The van der Waals surface area contributed by atoms with Gasteiger partial charge in [0.05, 0.1) is 11.9 Å². The van der Waals surface area contributed by atoms with Crippen molar-refractivity contribution in [3.63, 3.8) is 0 Å². The van der Waals surface area contributed by atoms with Crippen molar-refractivity contribution in [2.75, 3.05) is 10.6 Å². The monoisotopic (exact) mass is 297 g/mol. The van der Waals surface area contributed by atoms with E-state index in [-0.39, 0.29) is 17.6 Å². The Morgan fingerprint density at radius 3 is 2.45 bits per heavy atom. The van der Waals surface area contributed by atoms with Crippen LogP contribution in [0.3, 0.4) is 0 Å². The van der Waals surface area contributed by atoms with Crippen molar-refractivity contribution in [1.82, 2.24) is 4.98 Å². The molecule has 2 aromatic rings. The highest BCUT2D eigenvalue weighted by Gasteiger charge is 2.07. The Kier molecular flexibility index (Phi) is 4.88. The SMILES string of the molecule is CC(=O)c1cccc(Nc2ccc(NC(=O)C(C)C)cn2)c1. The zero-order chi connectivity index (χ0) is 16.1. The van der Waals surface area contributed by atoms with E-state index >= 15 is 0 Å². The fourth-order valence-corrected chi connectivity index (χ4v) is 1.79. The molecule has 0 aliphatic carbocycles. The van der Waals surface area contributed by atoms with Crippen LogP contribution in [0.2, 0.25) is 0 Å². The maximum absolute atomic E-state index is 11.6. The van der Waals surface area contributed by atoms with Crippen molar-refractivity contribution in [3.8, 4) is 0 Å². The van der Waals surface area contributed by atoms with E-state index in [1.54, 1.807) is 30.5 Å². The number of pyridine rings is 1. The molecule has 22 heavy (non-hydrogen) atoms. The molecule has 0 saturated heterocycles. The van der Waals surface area contributed by atoms with Crippen LogP contribution in [-0.2, 0) is 4.79 Å². The van der Waals surface area contributed by atoms with Crippen LogP contribution in [0, 0.1) is 5.92 Å². The second kappa shape index (κ2) is 6.85. The standard InChI is InChI=1S/C17H19N3O2/c1-11(2)17(22)20-15-7-8-16(18-10-15)19-14-6-4-5-13(9-14)12(3)21/h4-11H,1-3H3,(H,18,19)(H,20,22). The van der Waals surface area contributed by atoms with E-state index < -0.39 is 0 Å². The molecule has 0 spiro atoms. The summed E-state index contributed by atoms with van der Waals surface area (Å²) in [6.07, 6.45) is 1.59. The fourth-order valence-electron chi connectivity index (χ4n) is 1.79. The van der Waals surface area contributed by atoms with Crippen molar-refractivity contribution in [2.45, 2.75) is 20.8 Å². The number of carbonyl (C=O) groups is 2. The Morgan fingerprint density at radius 2 is 1.86 bits per heavy atom. The maximum Gasteiger partial charge on any atom is 0.226 e. The first-order chi connectivity index (χ1) is 10.5. The van der Waals surface area contributed by atoms with Crippen LogP contribution in [-0.4, -0.2) is 16.7 Å².